The standard InChI is InChI=1S/C22H24N8O/c1-12-6-7-15-14(8-12)13(2)31-22-21(24)25-11-17(27-22)20-16(9-19(26-15)29(3)4)28-30(5)18(20)10-23/h6-8,11,13H,9H2,1-5H3,(H2,24,25)/b26-19+/t13-/m1/s1. The zero-order valence-electron chi connectivity index (χ0n) is 18.2. The molecule has 0 saturated carbocycles. The number of aromatic nitrogens is 4. The molecular weight excluding hydrogens is 392 g/mol. The van der Waals surface area contributed by atoms with Crippen LogP contribution in [-0.2, 0) is 13.5 Å². The Morgan fingerprint density at radius 2 is 2.10 bits per heavy atom. The smallest absolute Gasteiger partial charge is 0.258 e. The maximum absolute atomic E-state index is 9.76. The quantitative estimate of drug-likeness (QED) is 0.598. The number of amidine groups is 1. The van der Waals surface area contributed by atoms with E-state index in [-0.39, 0.29) is 17.8 Å². The molecule has 31 heavy (non-hydrogen) atoms. The Hall–Kier alpha value is -3.93. The molecule has 2 bridgehead atoms. The minimum atomic E-state index is -0.364. The van der Waals surface area contributed by atoms with Crippen LogP contribution in [0.5, 0.6) is 5.88 Å². The van der Waals surface area contributed by atoms with Gasteiger partial charge in [0, 0.05) is 26.7 Å². The maximum Gasteiger partial charge on any atom is 0.258 e. The van der Waals surface area contributed by atoms with E-state index >= 15 is 0 Å². The molecule has 1 atom stereocenters. The molecule has 0 amide bonds. The van der Waals surface area contributed by atoms with Gasteiger partial charge in [0.2, 0.25) is 0 Å². The van der Waals surface area contributed by atoms with Crippen LogP contribution in [0.4, 0.5) is 11.5 Å². The predicted molar refractivity (Wildman–Crippen MR) is 118 cm³/mol. The van der Waals surface area contributed by atoms with Crippen LogP contribution < -0.4 is 10.5 Å². The molecule has 1 aromatic carbocycles. The lowest BCUT2D eigenvalue weighted by atomic mass is 10.0. The summed E-state index contributed by atoms with van der Waals surface area (Å²) < 4.78 is 7.69. The molecule has 158 valence electrons. The molecule has 0 radical (unpaired) electrons. The Morgan fingerprint density at radius 1 is 1.32 bits per heavy atom. The first-order valence-electron chi connectivity index (χ1n) is 9.89. The number of rotatable bonds is 0. The monoisotopic (exact) mass is 416 g/mol. The van der Waals surface area contributed by atoms with Gasteiger partial charge in [-0.2, -0.15) is 10.4 Å². The van der Waals surface area contributed by atoms with Gasteiger partial charge in [-0.1, -0.05) is 17.7 Å². The molecule has 0 aliphatic carbocycles. The van der Waals surface area contributed by atoms with Crippen molar-refractivity contribution in [2.45, 2.75) is 26.4 Å². The number of likely N-dealkylation sites (N-methyl/N-ethyl adjacent to an activating group) is 1. The molecule has 0 fully saturated rings. The van der Waals surface area contributed by atoms with Gasteiger partial charge in [-0.3, -0.25) is 4.68 Å². The van der Waals surface area contributed by atoms with Crippen molar-refractivity contribution in [3.8, 4) is 23.2 Å². The summed E-state index contributed by atoms with van der Waals surface area (Å²) in [5.41, 5.74) is 11.0. The summed E-state index contributed by atoms with van der Waals surface area (Å²) in [5, 5.41) is 14.3. The molecule has 0 unspecified atom stereocenters. The summed E-state index contributed by atoms with van der Waals surface area (Å²) in [5.74, 6) is 1.20. The van der Waals surface area contributed by atoms with E-state index in [1.165, 1.54) is 0 Å². The summed E-state index contributed by atoms with van der Waals surface area (Å²) >= 11 is 0. The zero-order valence-corrected chi connectivity index (χ0v) is 18.2. The van der Waals surface area contributed by atoms with E-state index in [0.717, 1.165) is 22.6 Å². The molecule has 0 saturated heterocycles. The van der Waals surface area contributed by atoms with Gasteiger partial charge in [0.05, 0.1) is 35.3 Å². The van der Waals surface area contributed by atoms with Crippen LogP contribution in [0.15, 0.2) is 29.4 Å². The predicted octanol–water partition coefficient (Wildman–Crippen LogP) is 2.93. The number of aryl methyl sites for hydroxylation is 2. The lowest BCUT2D eigenvalue weighted by Crippen LogP contribution is -2.24. The average Bonchev–Trinajstić information content (AvgIpc) is 3.04. The number of ether oxygens (including phenoxy) is 1. The van der Waals surface area contributed by atoms with E-state index in [2.05, 4.69) is 27.2 Å². The highest BCUT2D eigenvalue weighted by atomic mass is 16.5. The third-order valence-electron chi connectivity index (χ3n) is 5.25. The van der Waals surface area contributed by atoms with Crippen molar-refractivity contribution >= 4 is 17.3 Å². The second kappa shape index (κ2) is 7.72. The normalized spacial score (nSPS) is 17.0. The number of aliphatic imine (C=N–C) groups is 1. The van der Waals surface area contributed by atoms with E-state index in [4.69, 9.17) is 15.5 Å². The number of fused-ring (bicyclic) bond motifs is 5. The summed E-state index contributed by atoms with van der Waals surface area (Å²) in [4.78, 5) is 15.8. The topological polar surface area (TPSA) is 118 Å². The highest BCUT2D eigenvalue weighted by molar-refractivity contribution is 5.88. The first-order valence-corrected chi connectivity index (χ1v) is 9.89. The molecule has 2 N–H and O–H groups in total. The van der Waals surface area contributed by atoms with Gasteiger partial charge in [0.25, 0.3) is 5.88 Å². The fourth-order valence-corrected chi connectivity index (χ4v) is 3.61. The molecule has 9 heteroatoms. The molecular formula is C22H24N8O. The van der Waals surface area contributed by atoms with Crippen molar-refractivity contribution in [1.82, 2.24) is 24.6 Å². The molecule has 1 aliphatic rings. The number of nitrogens with two attached hydrogens (primary N) is 1. The summed E-state index contributed by atoms with van der Waals surface area (Å²) in [7, 11) is 5.61. The van der Waals surface area contributed by atoms with E-state index in [1.807, 2.05) is 45.0 Å². The van der Waals surface area contributed by atoms with Crippen LogP contribution in [0.25, 0.3) is 11.3 Å². The first-order chi connectivity index (χ1) is 14.8. The van der Waals surface area contributed by atoms with Crippen LogP contribution in [0.2, 0.25) is 0 Å². The van der Waals surface area contributed by atoms with Crippen LogP contribution in [-0.4, -0.2) is 44.6 Å². The Bertz CT molecular complexity index is 1240. The number of nitriles is 1. The van der Waals surface area contributed by atoms with Gasteiger partial charge in [-0.25, -0.2) is 15.0 Å². The van der Waals surface area contributed by atoms with E-state index in [0.29, 0.717) is 29.1 Å². The van der Waals surface area contributed by atoms with Gasteiger partial charge >= 0.3 is 0 Å². The maximum atomic E-state index is 9.76. The molecule has 3 aromatic rings. The van der Waals surface area contributed by atoms with Crippen LogP contribution in [0.1, 0.15) is 35.5 Å². The first kappa shape index (κ1) is 20.3. The SMILES string of the molecule is Cc1ccc2c(c1)[C@@H](C)Oc1nc(cnc1N)-c1c(nn(C)c1C#N)C/C(N(C)C)=N\2. The number of hydrogen-bond donors (Lipinski definition) is 1. The van der Waals surface area contributed by atoms with Gasteiger partial charge in [0.15, 0.2) is 5.82 Å². The second-order valence-electron chi connectivity index (χ2n) is 7.77. The number of benzene rings is 1. The van der Waals surface area contributed by atoms with Crippen LogP contribution in [0, 0.1) is 18.3 Å². The Balaban J connectivity index is 2.03. The van der Waals surface area contributed by atoms with E-state index in [9.17, 15) is 5.26 Å². The molecule has 0 spiro atoms. The highest BCUT2D eigenvalue weighted by Crippen LogP contribution is 2.35. The lowest BCUT2D eigenvalue weighted by molar-refractivity contribution is 0.219. The molecule has 1 aliphatic heterocycles. The molecule has 9 nitrogen and oxygen atoms in total. The number of nitrogen functional groups attached to an aromatic ring is 1. The summed E-state index contributed by atoms with van der Waals surface area (Å²) in [6, 6.07) is 8.27. The Labute approximate surface area is 180 Å². The Kier molecular flexibility index (Phi) is 5.07. The van der Waals surface area contributed by atoms with Crippen molar-refractivity contribution in [2.24, 2.45) is 12.0 Å². The van der Waals surface area contributed by atoms with Crippen molar-refractivity contribution < 1.29 is 4.74 Å². The summed E-state index contributed by atoms with van der Waals surface area (Å²) in [6.07, 6.45) is 1.60. The molecule has 3 heterocycles. The fourth-order valence-electron chi connectivity index (χ4n) is 3.61. The van der Waals surface area contributed by atoms with Gasteiger partial charge in [-0.05, 0) is 19.9 Å². The zero-order chi connectivity index (χ0) is 22.3. The highest BCUT2D eigenvalue weighted by Gasteiger charge is 2.25. The lowest BCUT2D eigenvalue weighted by Gasteiger charge is -2.21. The van der Waals surface area contributed by atoms with Crippen molar-refractivity contribution in [3.63, 3.8) is 0 Å². The van der Waals surface area contributed by atoms with Crippen molar-refractivity contribution in [3.05, 3.63) is 46.9 Å². The second-order valence-corrected chi connectivity index (χ2v) is 7.77. The Morgan fingerprint density at radius 3 is 2.81 bits per heavy atom. The molecule has 2 aromatic heterocycles. The minimum Gasteiger partial charge on any atom is -0.467 e. The number of hydrogen-bond acceptors (Lipinski definition) is 8. The fraction of sp³-hybridized carbons (Fsp3) is 0.318. The van der Waals surface area contributed by atoms with Crippen molar-refractivity contribution in [1.29, 1.82) is 5.26 Å². The van der Waals surface area contributed by atoms with Crippen molar-refractivity contribution in [2.75, 3.05) is 19.8 Å². The third kappa shape index (κ3) is 3.68. The minimum absolute atomic E-state index is 0.184. The average molecular weight is 416 g/mol. The number of anilines is 1. The van der Waals surface area contributed by atoms with E-state index in [1.54, 1.807) is 17.9 Å². The molecule has 4 rings (SSSR count). The van der Waals surface area contributed by atoms with E-state index < -0.39 is 0 Å². The largest absolute Gasteiger partial charge is 0.467 e. The van der Waals surface area contributed by atoms with Gasteiger partial charge in [-0.15, -0.1) is 0 Å². The summed E-state index contributed by atoms with van der Waals surface area (Å²) in [6.45, 7) is 3.96. The van der Waals surface area contributed by atoms with Crippen LogP contribution >= 0.6 is 0 Å². The van der Waals surface area contributed by atoms with Gasteiger partial charge in [0.1, 0.15) is 23.7 Å². The van der Waals surface area contributed by atoms with Gasteiger partial charge < -0.3 is 15.4 Å². The van der Waals surface area contributed by atoms with Crippen LogP contribution in [0.3, 0.4) is 0 Å². The number of nitrogens with zero attached hydrogens (tertiary/aromatic N) is 7. The third-order valence-corrected chi connectivity index (χ3v) is 5.25.